The molecule has 2 aromatic carbocycles. The van der Waals surface area contributed by atoms with E-state index in [0.29, 0.717) is 29.8 Å². The molecule has 0 fully saturated rings. The molecule has 0 bridgehead atoms. The summed E-state index contributed by atoms with van der Waals surface area (Å²) in [4.78, 5) is 23.8. The van der Waals surface area contributed by atoms with E-state index in [0.717, 1.165) is 4.47 Å². The average molecular weight is 523 g/mol. The molecule has 2 rings (SSSR count). The van der Waals surface area contributed by atoms with Crippen molar-refractivity contribution in [2.75, 3.05) is 25.6 Å². The number of benzene rings is 2. The van der Waals surface area contributed by atoms with Gasteiger partial charge >= 0.3 is 6.09 Å². The number of anilines is 1. The minimum absolute atomic E-state index is 0.129. The molecule has 4 N–H and O–H groups in total. The summed E-state index contributed by atoms with van der Waals surface area (Å²) in [5.41, 5.74) is 2.73. The van der Waals surface area contributed by atoms with Crippen LogP contribution in [0, 0.1) is 0 Å². The maximum atomic E-state index is 12.7. The monoisotopic (exact) mass is 522 g/mol. The summed E-state index contributed by atoms with van der Waals surface area (Å²) in [6, 6.07) is 14.0. The minimum atomic E-state index is -0.789. The molecular formula is C23H27BrN2O7. The van der Waals surface area contributed by atoms with Crippen molar-refractivity contribution in [2.24, 2.45) is 0 Å². The van der Waals surface area contributed by atoms with Crippen LogP contribution in [-0.4, -0.2) is 48.7 Å². The zero-order chi connectivity index (χ0) is 24.1. The van der Waals surface area contributed by atoms with Gasteiger partial charge < -0.3 is 19.3 Å². The van der Waals surface area contributed by atoms with E-state index in [1.54, 1.807) is 54.6 Å². The topological polar surface area (TPSA) is 126 Å². The number of halogens is 1. The number of aliphatic hydroxyl groups excluding tert-OH is 1. The van der Waals surface area contributed by atoms with E-state index in [2.05, 4.69) is 21.2 Å². The SMILES string of the molecule is CO[C@@H](CC/C=C/C(=O)NO)[C@@H](OC(=O)Nc1ccc(Br)cc1)c1cccc(OCCO)c1. The standard InChI is InChI=1S/C23H27BrN2O7/c1-31-20(7-2-3-8-21(28)26-30)22(16-5-4-6-19(15-16)32-14-13-27)33-23(29)25-18-11-9-17(24)10-12-18/h3-6,8-12,15,20,22,27,30H,2,7,13-14H2,1H3,(H,25,29)(H,26,28)/b8-3+/t20-,22-/m0/s1. The Balaban J connectivity index is 2.20. The number of hydrogen-bond donors (Lipinski definition) is 4. The Kier molecular flexibility index (Phi) is 11.4. The largest absolute Gasteiger partial charge is 0.491 e. The number of carbonyl (C=O) groups excluding carboxylic acids is 2. The highest BCUT2D eigenvalue weighted by Crippen LogP contribution is 2.30. The fraction of sp³-hybridized carbons (Fsp3) is 0.304. The molecule has 0 heterocycles. The van der Waals surface area contributed by atoms with Crippen LogP contribution in [0.15, 0.2) is 65.2 Å². The van der Waals surface area contributed by atoms with E-state index < -0.39 is 24.2 Å². The minimum Gasteiger partial charge on any atom is -0.491 e. The molecule has 10 heteroatoms. The molecule has 0 aliphatic rings. The van der Waals surface area contributed by atoms with Gasteiger partial charge in [-0.25, -0.2) is 10.3 Å². The lowest BCUT2D eigenvalue weighted by Gasteiger charge is -2.26. The summed E-state index contributed by atoms with van der Waals surface area (Å²) in [7, 11) is 1.50. The number of allylic oxidation sites excluding steroid dienone is 1. The van der Waals surface area contributed by atoms with Crippen molar-refractivity contribution in [3.8, 4) is 5.75 Å². The summed E-state index contributed by atoms with van der Waals surface area (Å²) in [6.07, 6.45) is 1.63. The lowest BCUT2D eigenvalue weighted by atomic mass is 10.00. The maximum Gasteiger partial charge on any atom is 0.412 e. The normalized spacial score (nSPS) is 12.7. The molecule has 0 spiro atoms. The van der Waals surface area contributed by atoms with Crippen molar-refractivity contribution in [3.05, 3.63) is 70.7 Å². The Labute approximate surface area is 200 Å². The van der Waals surface area contributed by atoms with E-state index in [4.69, 9.17) is 24.5 Å². The summed E-state index contributed by atoms with van der Waals surface area (Å²) in [6.45, 7) is -0.00134. The highest BCUT2D eigenvalue weighted by Gasteiger charge is 2.27. The van der Waals surface area contributed by atoms with Gasteiger partial charge in [0.25, 0.3) is 5.91 Å². The van der Waals surface area contributed by atoms with E-state index in [1.807, 2.05) is 0 Å². The smallest absolute Gasteiger partial charge is 0.412 e. The van der Waals surface area contributed by atoms with Crippen LogP contribution >= 0.6 is 15.9 Å². The number of hydroxylamine groups is 1. The number of nitrogens with one attached hydrogen (secondary N) is 2. The van der Waals surface area contributed by atoms with Crippen molar-refractivity contribution in [1.82, 2.24) is 5.48 Å². The van der Waals surface area contributed by atoms with Crippen LogP contribution in [0.3, 0.4) is 0 Å². The third-order valence-electron chi connectivity index (χ3n) is 4.51. The second kappa shape index (κ2) is 14.3. The third kappa shape index (κ3) is 9.22. The molecule has 0 aliphatic carbocycles. The molecule has 33 heavy (non-hydrogen) atoms. The molecule has 2 atom stereocenters. The van der Waals surface area contributed by atoms with Crippen LogP contribution in [0.5, 0.6) is 5.75 Å². The quantitative estimate of drug-likeness (QED) is 0.188. The Bertz CT molecular complexity index is 921. The molecule has 0 saturated carbocycles. The van der Waals surface area contributed by atoms with Crippen LogP contribution in [0.4, 0.5) is 10.5 Å². The van der Waals surface area contributed by atoms with Crippen molar-refractivity contribution in [3.63, 3.8) is 0 Å². The molecule has 178 valence electrons. The van der Waals surface area contributed by atoms with Gasteiger partial charge in [0, 0.05) is 23.3 Å². The lowest BCUT2D eigenvalue weighted by molar-refractivity contribution is -0.124. The maximum absolute atomic E-state index is 12.7. The predicted octanol–water partition coefficient (Wildman–Crippen LogP) is 3.97. The second-order valence-electron chi connectivity index (χ2n) is 6.83. The number of rotatable bonds is 12. The molecule has 0 unspecified atom stereocenters. The van der Waals surface area contributed by atoms with E-state index in [-0.39, 0.29) is 13.2 Å². The fourth-order valence-corrected chi connectivity index (χ4v) is 3.24. The highest BCUT2D eigenvalue weighted by atomic mass is 79.9. The van der Waals surface area contributed by atoms with Crippen LogP contribution in [0.25, 0.3) is 0 Å². The fourth-order valence-electron chi connectivity index (χ4n) is 2.98. The number of hydrogen-bond acceptors (Lipinski definition) is 7. The molecule has 9 nitrogen and oxygen atoms in total. The molecule has 0 aliphatic heterocycles. The number of aliphatic hydroxyl groups is 1. The van der Waals surface area contributed by atoms with Crippen molar-refractivity contribution in [1.29, 1.82) is 0 Å². The zero-order valence-electron chi connectivity index (χ0n) is 18.1. The molecule has 2 aromatic rings. The first-order valence-electron chi connectivity index (χ1n) is 10.2. The average Bonchev–Trinajstić information content (AvgIpc) is 2.83. The van der Waals surface area contributed by atoms with Crippen LogP contribution in [0.1, 0.15) is 24.5 Å². The summed E-state index contributed by atoms with van der Waals surface area (Å²) >= 11 is 3.35. The van der Waals surface area contributed by atoms with E-state index in [1.165, 1.54) is 18.7 Å². The van der Waals surface area contributed by atoms with Gasteiger partial charge in [-0.05, 0) is 54.8 Å². The van der Waals surface area contributed by atoms with Crippen LogP contribution in [-0.2, 0) is 14.3 Å². The van der Waals surface area contributed by atoms with Gasteiger partial charge in [0.05, 0.1) is 12.7 Å². The van der Waals surface area contributed by atoms with Gasteiger partial charge in [-0.15, -0.1) is 0 Å². The summed E-state index contributed by atoms with van der Waals surface area (Å²) < 4.78 is 17.7. The van der Waals surface area contributed by atoms with Crippen molar-refractivity contribution in [2.45, 2.75) is 25.0 Å². The van der Waals surface area contributed by atoms with Crippen molar-refractivity contribution >= 4 is 33.6 Å². The van der Waals surface area contributed by atoms with E-state index >= 15 is 0 Å². The molecule has 0 aromatic heterocycles. The summed E-state index contributed by atoms with van der Waals surface area (Å²) in [5, 5.41) is 20.3. The second-order valence-corrected chi connectivity index (χ2v) is 7.75. The Morgan fingerprint density at radius 1 is 1.18 bits per heavy atom. The van der Waals surface area contributed by atoms with Gasteiger partial charge in [0.2, 0.25) is 0 Å². The molecular weight excluding hydrogens is 496 g/mol. The van der Waals surface area contributed by atoms with E-state index in [9.17, 15) is 9.59 Å². The Hall–Kier alpha value is -2.92. The van der Waals surface area contributed by atoms with Gasteiger partial charge in [0.1, 0.15) is 12.4 Å². The first-order valence-corrected chi connectivity index (χ1v) is 11.0. The zero-order valence-corrected chi connectivity index (χ0v) is 19.7. The number of carbonyl (C=O) groups is 2. The highest BCUT2D eigenvalue weighted by molar-refractivity contribution is 9.10. The Morgan fingerprint density at radius 2 is 1.94 bits per heavy atom. The number of methoxy groups -OCH3 is 1. The predicted molar refractivity (Wildman–Crippen MR) is 125 cm³/mol. The van der Waals surface area contributed by atoms with Gasteiger partial charge in [-0.2, -0.15) is 0 Å². The first-order chi connectivity index (χ1) is 16.0. The molecule has 2 amide bonds. The van der Waals surface area contributed by atoms with Crippen LogP contribution < -0.4 is 15.5 Å². The lowest BCUT2D eigenvalue weighted by Crippen LogP contribution is -2.28. The van der Waals surface area contributed by atoms with Gasteiger partial charge in [0.15, 0.2) is 6.10 Å². The molecule has 0 radical (unpaired) electrons. The van der Waals surface area contributed by atoms with Gasteiger partial charge in [-0.1, -0.05) is 34.1 Å². The Morgan fingerprint density at radius 3 is 2.61 bits per heavy atom. The molecule has 0 saturated heterocycles. The van der Waals surface area contributed by atoms with Crippen molar-refractivity contribution < 1.29 is 34.1 Å². The number of ether oxygens (including phenoxy) is 3. The van der Waals surface area contributed by atoms with Gasteiger partial charge in [-0.3, -0.25) is 15.3 Å². The van der Waals surface area contributed by atoms with Crippen LogP contribution in [0.2, 0.25) is 0 Å². The number of amides is 2. The first kappa shape index (κ1) is 26.3. The third-order valence-corrected chi connectivity index (χ3v) is 5.04. The summed E-state index contributed by atoms with van der Waals surface area (Å²) in [5.74, 6) is -0.128.